The van der Waals surface area contributed by atoms with E-state index >= 15 is 0 Å². The van der Waals surface area contributed by atoms with Crippen molar-refractivity contribution in [3.63, 3.8) is 0 Å². The molecule has 0 atom stereocenters. The number of nitrogen functional groups attached to an aromatic ring is 2. The molecule has 0 amide bonds. The topological polar surface area (TPSA) is 78.3 Å². The van der Waals surface area contributed by atoms with Crippen molar-refractivity contribution in [2.24, 2.45) is 0 Å². The molecular weight excluding hydrogens is 216 g/mol. The highest BCUT2D eigenvalue weighted by molar-refractivity contribution is 5.91. The number of nitrogens with two attached hydrogens (primary N) is 2. The van der Waals surface area contributed by atoms with Crippen molar-refractivity contribution in [1.29, 1.82) is 0 Å². The Morgan fingerprint density at radius 2 is 1.65 bits per heavy atom. The summed E-state index contributed by atoms with van der Waals surface area (Å²) in [5.74, 6) is -0.0414. The fraction of sp³-hybridized carbons (Fsp3) is 0. The van der Waals surface area contributed by atoms with Gasteiger partial charge >= 0.3 is 5.97 Å². The first-order chi connectivity index (χ1) is 8.16. The van der Waals surface area contributed by atoms with Gasteiger partial charge in [0.25, 0.3) is 0 Å². The lowest BCUT2D eigenvalue weighted by atomic mass is 10.2. The summed E-state index contributed by atoms with van der Waals surface area (Å²) in [4.78, 5) is 11.7. The van der Waals surface area contributed by atoms with Gasteiger partial charge in [0, 0.05) is 6.07 Å². The van der Waals surface area contributed by atoms with Gasteiger partial charge in [-0.05, 0) is 24.3 Å². The highest BCUT2D eigenvalue weighted by Crippen LogP contribution is 2.22. The summed E-state index contributed by atoms with van der Waals surface area (Å²) in [6.45, 7) is 0. The fourth-order valence-electron chi connectivity index (χ4n) is 1.36. The van der Waals surface area contributed by atoms with Gasteiger partial charge in [0.15, 0.2) is 0 Å². The minimum atomic E-state index is -0.422. The van der Waals surface area contributed by atoms with Crippen LogP contribution in [-0.2, 0) is 0 Å². The monoisotopic (exact) mass is 228 g/mol. The number of carbonyl (C=O) groups is 1. The quantitative estimate of drug-likeness (QED) is 0.468. The molecule has 17 heavy (non-hydrogen) atoms. The minimum Gasteiger partial charge on any atom is -0.423 e. The maximum Gasteiger partial charge on any atom is 0.343 e. The Morgan fingerprint density at radius 1 is 0.941 bits per heavy atom. The van der Waals surface area contributed by atoms with Crippen molar-refractivity contribution in [1.82, 2.24) is 0 Å². The highest BCUT2D eigenvalue weighted by Gasteiger charge is 2.08. The second-order valence-corrected chi connectivity index (χ2v) is 3.55. The summed E-state index contributed by atoms with van der Waals surface area (Å²) in [7, 11) is 0. The molecule has 86 valence electrons. The molecule has 0 unspecified atom stereocenters. The Kier molecular flexibility index (Phi) is 2.96. The van der Waals surface area contributed by atoms with E-state index in [1.54, 1.807) is 36.4 Å². The van der Waals surface area contributed by atoms with E-state index in [0.717, 1.165) is 0 Å². The number of anilines is 2. The Morgan fingerprint density at radius 3 is 2.29 bits per heavy atom. The van der Waals surface area contributed by atoms with Crippen molar-refractivity contribution >= 4 is 17.3 Å². The first-order valence-electron chi connectivity index (χ1n) is 5.09. The van der Waals surface area contributed by atoms with E-state index in [1.165, 1.54) is 6.07 Å². The number of carbonyl (C=O) groups excluding carboxylic acids is 1. The van der Waals surface area contributed by atoms with Crippen LogP contribution in [0, 0.1) is 0 Å². The van der Waals surface area contributed by atoms with E-state index in [1.807, 2.05) is 6.07 Å². The van der Waals surface area contributed by atoms with E-state index in [0.29, 0.717) is 22.7 Å². The molecule has 0 saturated heterocycles. The van der Waals surface area contributed by atoms with Gasteiger partial charge in [-0.1, -0.05) is 18.2 Å². The number of hydrogen-bond donors (Lipinski definition) is 2. The zero-order valence-electron chi connectivity index (χ0n) is 9.09. The average molecular weight is 228 g/mol. The van der Waals surface area contributed by atoms with Crippen LogP contribution < -0.4 is 16.2 Å². The smallest absolute Gasteiger partial charge is 0.343 e. The molecular formula is C13H12N2O2. The van der Waals surface area contributed by atoms with Crippen LogP contribution in [0.15, 0.2) is 48.5 Å². The van der Waals surface area contributed by atoms with Crippen molar-refractivity contribution < 1.29 is 9.53 Å². The van der Waals surface area contributed by atoms with E-state index in [-0.39, 0.29) is 0 Å². The molecule has 0 radical (unpaired) electrons. The molecule has 4 N–H and O–H groups in total. The van der Waals surface area contributed by atoms with Crippen molar-refractivity contribution in [3.8, 4) is 5.75 Å². The molecule has 0 bridgehead atoms. The minimum absolute atomic E-state index is 0.380. The summed E-state index contributed by atoms with van der Waals surface area (Å²) in [5.41, 5.74) is 12.5. The summed E-state index contributed by atoms with van der Waals surface area (Å²) < 4.78 is 5.16. The van der Waals surface area contributed by atoms with E-state index in [4.69, 9.17) is 16.2 Å². The van der Waals surface area contributed by atoms with Crippen molar-refractivity contribution in [2.75, 3.05) is 11.5 Å². The normalized spacial score (nSPS) is 9.88. The third kappa shape index (κ3) is 2.55. The van der Waals surface area contributed by atoms with Crippen LogP contribution in [0.5, 0.6) is 5.75 Å². The summed E-state index contributed by atoms with van der Waals surface area (Å²) in [6, 6.07) is 13.5. The Labute approximate surface area is 98.8 Å². The third-order valence-corrected chi connectivity index (χ3v) is 2.28. The van der Waals surface area contributed by atoms with Gasteiger partial charge in [-0.2, -0.15) is 0 Å². The molecule has 0 aliphatic rings. The highest BCUT2D eigenvalue weighted by atomic mass is 16.5. The Balaban J connectivity index is 2.16. The number of rotatable bonds is 2. The SMILES string of the molecule is Nc1ccc(OC(=O)c2ccccc2)cc1N. The van der Waals surface area contributed by atoms with Crippen LogP contribution in [0.25, 0.3) is 0 Å². The van der Waals surface area contributed by atoms with E-state index < -0.39 is 5.97 Å². The number of hydrogen-bond acceptors (Lipinski definition) is 4. The summed E-state index contributed by atoms with van der Waals surface area (Å²) in [5, 5.41) is 0. The van der Waals surface area contributed by atoms with Crippen LogP contribution in [0.3, 0.4) is 0 Å². The largest absolute Gasteiger partial charge is 0.423 e. The Bertz CT molecular complexity index is 538. The molecule has 0 aliphatic heterocycles. The summed E-state index contributed by atoms with van der Waals surface area (Å²) in [6.07, 6.45) is 0. The van der Waals surface area contributed by atoms with Gasteiger partial charge in [0.1, 0.15) is 5.75 Å². The van der Waals surface area contributed by atoms with Gasteiger partial charge in [-0.15, -0.1) is 0 Å². The van der Waals surface area contributed by atoms with Crippen LogP contribution >= 0.6 is 0 Å². The van der Waals surface area contributed by atoms with E-state index in [2.05, 4.69) is 0 Å². The molecule has 0 spiro atoms. The number of ether oxygens (including phenoxy) is 1. The van der Waals surface area contributed by atoms with Crippen LogP contribution in [0.4, 0.5) is 11.4 Å². The molecule has 2 aromatic carbocycles. The number of esters is 1. The first kappa shape index (κ1) is 11.0. The van der Waals surface area contributed by atoms with Gasteiger partial charge in [-0.3, -0.25) is 0 Å². The lowest BCUT2D eigenvalue weighted by Gasteiger charge is -2.06. The Hall–Kier alpha value is -2.49. The fourth-order valence-corrected chi connectivity index (χ4v) is 1.36. The lowest BCUT2D eigenvalue weighted by Crippen LogP contribution is -2.08. The molecule has 4 heteroatoms. The van der Waals surface area contributed by atoms with Gasteiger partial charge in [-0.25, -0.2) is 4.79 Å². The maximum atomic E-state index is 11.7. The average Bonchev–Trinajstić information content (AvgIpc) is 2.35. The predicted molar refractivity (Wildman–Crippen MR) is 66.7 cm³/mol. The third-order valence-electron chi connectivity index (χ3n) is 2.28. The zero-order valence-corrected chi connectivity index (χ0v) is 9.09. The molecule has 0 aromatic heterocycles. The molecule has 2 rings (SSSR count). The molecule has 2 aromatic rings. The predicted octanol–water partition coefficient (Wildman–Crippen LogP) is 2.07. The first-order valence-corrected chi connectivity index (χ1v) is 5.09. The summed E-state index contributed by atoms with van der Waals surface area (Å²) >= 11 is 0. The molecule has 0 fully saturated rings. The zero-order chi connectivity index (χ0) is 12.3. The molecule has 0 aliphatic carbocycles. The molecule has 0 saturated carbocycles. The van der Waals surface area contributed by atoms with Crippen LogP contribution in [-0.4, -0.2) is 5.97 Å². The van der Waals surface area contributed by atoms with E-state index in [9.17, 15) is 4.79 Å². The van der Waals surface area contributed by atoms with Crippen molar-refractivity contribution in [2.45, 2.75) is 0 Å². The van der Waals surface area contributed by atoms with Gasteiger partial charge < -0.3 is 16.2 Å². The second-order valence-electron chi connectivity index (χ2n) is 3.55. The van der Waals surface area contributed by atoms with Crippen LogP contribution in [0.1, 0.15) is 10.4 Å². The van der Waals surface area contributed by atoms with Gasteiger partial charge in [0.2, 0.25) is 0 Å². The molecule has 0 heterocycles. The van der Waals surface area contributed by atoms with Gasteiger partial charge in [0.05, 0.1) is 16.9 Å². The standard InChI is InChI=1S/C13H12N2O2/c14-11-7-6-10(8-12(11)15)17-13(16)9-4-2-1-3-5-9/h1-8H,14-15H2. The van der Waals surface area contributed by atoms with Crippen LogP contribution in [0.2, 0.25) is 0 Å². The second kappa shape index (κ2) is 4.57. The van der Waals surface area contributed by atoms with Crippen molar-refractivity contribution in [3.05, 3.63) is 54.1 Å². The molecule has 4 nitrogen and oxygen atoms in total. The maximum absolute atomic E-state index is 11.7. The number of benzene rings is 2. The lowest BCUT2D eigenvalue weighted by molar-refractivity contribution is 0.0735.